The van der Waals surface area contributed by atoms with E-state index in [1.165, 1.54) is 0 Å². The largest absolute Gasteiger partial charge is 0.378 e. The highest BCUT2D eigenvalue weighted by molar-refractivity contribution is 5.78. The fourth-order valence-electron chi connectivity index (χ4n) is 3.04. The van der Waals surface area contributed by atoms with Crippen LogP contribution in [0.15, 0.2) is 0 Å². The Morgan fingerprint density at radius 1 is 1.26 bits per heavy atom. The van der Waals surface area contributed by atoms with Gasteiger partial charge in [-0.2, -0.15) is 0 Å². The smallest absolute Gasteiger partial charge is 0.225 e. The molecule has 0 spiro atoms. The number of carbonyl (C=O) groups is 1. The van der Waals surface area contributed by atoms with Crippen molar-refractivity contribution in [2.75, 3.05) is 19.7 Å². The molecule has 0 unspecified atom stereocenters. The Bertz CT molecular complexity index is 293. The number of amides is 1. The molecule has 0 aromatic rings. The van der Waals surface area contributed by atoms with E-state index in [1.54, 1.807) is 0 Å². The Kier molecular flexibility index (Phi) is 5.22. The molecular formula is C15H28N2O2. The van der Waals surface area contributed by atoms with Gasteiger partial charge in [-0.15, -0.1) is 0 Å². The van der Waals surface area contributed by atoms with Gasteiger partial charge in [0.25, 0.3) is 0 Å². The molecule has 110 valence electrons. The lowest BCUT2D eigenvalue weighted by Gasteiger charge is -2.40. The summed E-state index contributed by atoms with van der Waals surface area (Å²) in [6.45, 7) is 8.67. The summed E-state index contributed by atoms with van der Waals surface area (Å²) in [6.07, 6.45) is 4.96. The van der Waals surface area contributed by atoms with Crippen molar-refractivity contribution in [2.45, 2.75) is 64.6 Å². The van der Waals surface area contributed by atoms with Crippen molar-refractivity contribution in [1.29, 1.82) is 0 Å². The van der Waals surface area contributed by atoms with Gasteiger partial charge in [0, 0.05) is 37.7 Å². The number of hydrogen-bond acceptors (Lipinski definition) is 3. The highest BCUT2D eigenvalue weighted by Crippen LogP contribution is 2.25. The van der Waals surface area contributed by atoms with E-state index in [4.69, 9.17) is 4.74 Å². The average molecular weight is 268 g/mol. The zero-order valence-corrected chi connectivity index (χ0v) is 12.5. The van der Waals surface area contributed by atoms with Crippen molar-refractivity contribution in [1.82, 2.24) is 10.2 Å². The number of carbonyl (C=O) groups excluding carboxylic acids is 1. The molecule has 1 aliphatic carbocycles. The minimum Gasteiger partial charge on any atom is -0.378 e. The molecule has 2 aliphatic rings. The van der Waals surface area contributed by atoms with E-state index in [2.05, 4.69) is 12.2 Å². The molecule has 0 bridgehead atoms. The van der Waals surface area contributed by atoms with E-state index in [-0.39, 0.29) is 5.92 Å². The molecule has 2 rings (SSSR count). The molecule has 4 nitrogen and oxygen atoms in total. The Labute approximate surface area is 116 Å². The molecule has 0 atom stereocenters. The molecule has 0 aromatic heterocycles. The molecule has 0 aromatic carbocycles. The quantitative estimate of drug-likeness (QED) is 0.826. The lowest BCUT2D eigenvalue weighted by Crippen LogP contribution is -2.53. The highest BCUT2D eigenvalue weighted by Gasteiger charge is 2.32. The van der Waals surface area contributed by atoms with Gasteiger partial charge in [0.15, 0.2) is 0 Å². The van der Waals surface area contributed by atoms with Gasteiger partial charge >= 0.3 is 0 Å². The summed E-state index contributed by atoms with van der Waals surface area (Å²) >= 11 is 0. The third kappa shape index (κ3) is 3.93. The van der Waals surface area contributed by atoms with E-state index in [1.807, 2.05) is 18.7 Å². The average Bonchev–Trinajstić information content (AvgIpc) is 2.36. The second-order valence-electron chi connectivity index (χ2n) is 6.17. The van der Waals surface area contributed by atoms with Crippen molar-refractivity contribution in [3.63, 3.8) is 0 Å². The van der Waals surface area contributed by atoms with Crippen LogP contribution >= 0.6 is 0 Å². The Morgan fingerprint density at radius 3 is 2.42 bits per heavy atom. The second kappa shape index (κ2) is 6.71. The van der Waals surface area contributed by atoms with Crippen LogP contribution in [-0.2, 0) is 9.53 Å². The van der Waals surface area contributed by atoms with Crippen LogP contribution in [0.4, 0.5) is 0 Å². The van der Waals surface area contributed by atoms with Crippen molar-refractivity contribution in [3.05, 3.63) is 0 Å². The minimum atomic E-state index is 0.128. The fraction of sp³-hybridized carbons (Fsp3) is 0.933. The van der Waals surface area contributed by atoms with E-state index >= 15 is 0 Å². The standard InChI is InChI=1S/C15H28N2O2/c1-4-19-14-9-13(10-14)16-12-5-7-17(8-6-12)15(18)11(2)3/h11-14,16H,4-10H2,1-3H3. The maximum absolute atomic E-state index is 11.9. The van der Waals surface area contributed by atoms with Crippen LogP contribution in [-0.4, -0.2) is 48.7 Å². The third-order valence-corrected chi connectivity index (χ3v) is 4.27. The highest BCUT2D eigenvalue weighted by atomic mass is 16.5. The summed E-state index contributed by atoms with van der Waals surface area (Å²) in [5.74, 6) is 0.432. The van der Waals surface area contributed by atoms with Gasteiger partial charge < -0.3 is 15.0 Å². The van der Waals surface area contributed by atoms with Crippen LogP contribution in [0.25, 0.3) is 0 Å². The Hall–Kier alpha value is -0.610. The zero-order chi connectivity index (χ0) is 13.8. The normalized spacial score (nSPS) is 28.5. The topological polar surface area (TPSA) is 41.6 Å². The van der Waals surface area contributed by atoms with Crippen molar-refractivity contribution in [2.24, 2.45) is 5.92 Å². The molecule has 19 heavy (non-hydrogen) atoms. The monoisotopic (exact) mass is 268 g/mol. The van der Waals surface area contributed by atoms with Crippen molar-refractivity contribution >= 4 is 5.91 Å². The van der Waals surface area contributed by atoms with E-state index in [9.17, 15) is 4.79 Å². The van der Waals surface area contributed by atoms with Gasteiger partial charge in [0.1, 0.15) is 0 Å². The second-order valence-corrected chi connectivity index (χ2v) is 6.17. The van der Waals surface area contributed by atoms with Crippen LogP contribution in [0.1, 0.15) is 46.5 Å². The van der Waals surface area contributed by atoms with Gasteiger partial charge in [0.2, 0.25) is 5.91 Å². The zero-order valence-electron chi connectivity index (χ0n) is 12.5. The molecule has 1 amide bonds. The molecule has 1 aliphatic heterocycles. The van der Waals surface area contributed by atoms with Crippen molar-refractivity contribution in [3.8, 4) is 0 Å². The maximum Gasteiger partial charge on any atom is 0.225 e. The number of likely N-dealkylation sites (tertiary alicyclic amines) is 1. The summed E-state index contributed by atoms with van der Waals surface area (Å²) in [7, 11) is 0. The SMILES string of the molecule is CCOC1CC(NC2CCN(C(=O)C(C)C)CC2)C1. The van der Waals surface area contributed by atoms with E-state index in [0.717, 1.165) is 45.4 Å². The predicted octanol–water partition coefficient (Wildman–Crippen LogP) is 1.79. The van der Waals surface area contributed by atoms with Gasteiger partial charge in [-0.3, -0.25) is 4.79 Å². The molecule has 1 saturated carbocycles. The summed E-state index contributed by atoms with van der Waals surface area (Å²) in [5.41, 5.74) is 0. The Balaban J connectivity index is 1.63. The molecule has 2 fully saturated rings. The summed E-state index contributed by atoms with van der Waals surface area (Å²) in [6, 6.07) is 1.22. The van der Waals surface area contributed by atoms with Crippen LogP contribution < -0.4 is 5.32 Å². The first-order valence-electron chi connectivity index (χ1n) is 7.76. The summed E-state index contributed by atoms with van der Waals surface area (Å²) in [5, 5.41) is 3.71. The van der Waals surface area contributed by atoms with Gasteiger partial charge in [-0.1, -0.05) is 13.8 Å². The molecule has 1 heterocycles. The maximum atomic E-state index is 11.9. The van der Waals surface area contributed by atoms with Gasteiger partial charge in [-0.25, -0.2) is 0 Å². The van der Waals surface area contributed by atoms with Crippen LogP contribution in [0, 0.1) is 5.92 Å². The number of nitrogens with one attached hydrogen (secondary N) is 1. The number of hydrogen-bond donors (Lipinski definition) is 1. The van der Waals surface area contributed by atoms with Crippen LogP contribution in [0.3, 0.4) is 0 Å². The number of ether oxygens (including phenoxy) is 1. The summed E-state index contributed by atoms with van der Waals surface area (Å²) in [4.78, 5) is 13.9. The van der Waals surface area contributed by atoms with Crippen LogP contribution in [0.5, 0.6) is 0 Å². The number of rotatable bonds is 5. The number of nitrogens with zero attached hydrogens (tertiary/aromatic N) is 1. The minimum absolute atomic E-state index is 0.128. The molecule has 0 radical (unpaired) electrons. The van der Waals surface area contributed by atoms with Gasteiger partial charge in [-0.05, 0) is 32.6 Å². The fourth-order valence-corrected chi connectivity index (χ4v) is 3.04. The molecule has 4 heteroatoms. The first-order valence-corrected chi connectivity index (χ1v) is 7.76. The summed E-state index contributed by atoms with van der Waals surface area (Å²) < 4.78 is 5.58. The third-order valence-electron chi connectivity index (χ3n) is 4.27. The lowest BCUT2D eigenvalue weighted by molar-refractivity contribution is -0.135. The van der Waals surface area contributed by atoms with E-state index < -0.39 is 0 Å². The molecule has 1 N–H and O–H groups in total. The predicted molar refractivity (Wildman–Crippen MR) is 76.0 cm³/mol. The molecular weight excluding hydrogens is 240 g/mol. The first-order chi connectivity index (χ1) is 9.10. The Morgan fingerprint density at radius 2 is 1.89 bits per heavy atom. The lowest BCUT2D eigenvalue weighted by atomic mass is 9.87. The van der Waals surface area contributed by atoms with Gasteiger partial charge in [0.05, 0.1) is 6.10 Å². The van der Waals surface area contributed by atoms with Crippen molar-refractivity contribution < 1.29 is 9.53 Å². The van der Waals surface area contributed by atoms with E-state index in [0.29, 0.717) is 24.1 Å². The van der Waals surface area contributed by atoms with Crippen LogP contribution in [0.2, 0.25) is 0 Å². The first kappa shape index (κ1) is 14.8. The molecule has 1 saturated heterocycles. The number of piperidine rings is 1.